The first-order chi connectivity index (χ1) is 7.50. The molecule has 0 aliphatic rings. The second-order valence-electron chi connectivity index (χ2n) is 3.86. The molecule has 0 saturated heterocycles. The van der Waals surface area contributed by atoms with Gasteiger partial charge in [0.15, 0.2) is 0 Å². The van der Waals surface area contributed by atoms with Crippen LogP contribution < -0.4 is 5.32 Å². The number of amides is 1. The number of nitrogens with zero attached hydrogens (tertiary/aromatic N) is 1. The third kappa shape index (κ3) is 3.89. The molecule has 0 saturated carbocycles. The van der Waals surface area contributed by atoms with E-state index in [4.69, 9.17) is 0 Å². The molecule has 0 aromatic carbocycles. The van der Waals surface area contributed by atoms with Crippen molar-refractivity contribution in [3.05, 3.63) is 29.8 Å². The number of halogens is 2. The predicted molar refractivity (Wildman–Crippen MR) is 64.1 cm³/mol. The Bertz CT molecular complexity index is 371. The highest BCUT2D eigenvalue weighted by molar-refractivity contribution is 9.09. The highest BCUT2D eigenvalue weighted by atomic mass is 79.9. The fourth-order valence-electron chi connectivity index (χ4n) is 1.06. The van der Waals surface area contributed by atoms with Gasteiger partial charge >= 0.3 is 0 Å². The third-order valence-electron chi connectivity index (χ3n) is 2.15. The maximum atomic E-state index is 12.8. The quantitative estimate of drug-likeness (QED) is 0.865. The summed E-state index contributed by atoms with van der Waals surface area (Å²) >= 11 is 3.45. The fourth-order valence-corrected chi connectivity index (χ4v) is 1.23. The molecule has 1 aromatic heterocycles. The Morgan fingerprint density at radius 3 is 2.81 bits per heavy atom. The van der Waals surface area contributed by atoms with Gasteiger partial charge in [0.05, 0.1) is 11.8 Å². The summed E-state index contributed by atoms with van der Waals surface area (Å²) < 4.78 is 12.8. The second-order valence-corrected chi connectivity index (χ2v) is 5.04. The van der Waals surface area contributed by atoms with Crippen LogP contribution in [0.1, 0.15) is 24.2 Å². The van der Waals surface area contributed by atoms with E-state index < -0.39 is 5.82 Å². The van der Waals surface area contributed by atoms with Crippen LogP contribution in [0.25, 0.3) is 0 Å². The van der Waals surface area contributed by atoms with Crippen LogP contribution in [-0.4, -0.2) is 22.3 Å². The molecular weight excluding hydrogens is 275 g/mol. The summed E-state index contributed by atoms with van der Waals surface area (Å²) in [5.74, 6) is -0.394. The lowest BCUT2D eigenvalue weighted by atomic mass is 10.1. The fraction of sp³-hybridized carbons (Fsp3) is 0.455. The molecule has 0 radical (unpaired) electrons. The zero-order valence-electron chi connectivity index (χ0n) is 9.21. The van der Waals surface area contributed by atoms with Crippen molar-refractivity contribution in [2.45, 2.75) is 18.7 Å². The second kappa shape index (κ2) is 5.94. The zero-order chi connectivity index (χ0) is 12.1. The zero-order valence-corrected chi connectivity index (χ0v) is 10.8. The number of rotatable bonds is 4. The van der Waals surface area contributed by atoms with Gasteiger partial charge in [0.25, 0.3) is 5.91 Å². The van der Waals surface area contributed by atoms with Crippen LogP contribution in [0.3, 0.4) is 0 Å². The maximum absolute atomic E-state index is 12.8. The van der Waals surface area contributed by atoms with Crippen LogP contribution in [0.2, 0.25) is 0 Å². The Labute approximate surface area is 103 Å². The van der Waals surface area contributed by atoms with Crippen LogP contribution in [0.4, 0.5) is 4.39 Å². The molecule has 88 valence electrons. The van der Waals surface area contributed by atoms with Crippen molar-refractivity contribution in [3.63, 3.8) is 0 Å². The number of carbonyl (C=O) groups is 1. The van der Waals surface area contributed by atoms with E-state index in [-0.39, 0.29) is 16.3 Å². The number of pyridine rings is 1. The molecular formula is C11H14BrFN2O. The minimum Gasteiger partial charge on any atom is -0.351 e. The van der Waals surface area contributed by atoms with Gasteiger partial charge in [-0.1, -0.05) is 29.8 Å². The number of hydrogen-bond donors (Lipinski definition) is 1. The van der Waals surface area contributed by atoms with Gasteiger partial charge in [-0.25, -0.2) is 4.39 Å². The monoisotopic (exact) mass is 288 g/mol. The number of aromatic nitrogens is 1. The van der Waals surface area contributed by atoms with Gasteiger partial charge in [-0.05, 0) is 12.0 Å². The standard InChI is InChI=1S/C11H14BrFN2O/c1-7(2)10(12)6-15-11(16)8-3-9(13)5-14-4-8/h3-5,7,10H,6H2,1-2H3,(H,15,16). The predicted octanol–water partition coefficient (Wildman–Crippen LogP) is 2.37. The molecule has 1 N–H and O–H groups in total. The van der Waals surface area contributed by atoms with Crippen molar-refractivity contribution >= 4 is 21.8 Å². The summed E-state index contributed by atoms with van der Waals surface area (Å²) in [6.07, 6.45) is 2.41. The van der Waals surface area contributed by atoms with Gasteiger partial charge in [-0.15, -0.1) is 0 Å². The molecule has 3 nitrogen and oxygen atoms in total. The number of carbonyl (C=O) groups excluding carboxylic acids is 1. The largest absolute Gasteiger partial charge is 0.351 e. The van der Waals surface area contributed by atoms with E-state index in [1.165, 1.54) is 12.3 Å². The molecule has 1 amide bonds. The molecule has 5 heteroatoms. The Hall–Kier alpha value is -0.970. The van der Waals surface area contributed by atoms with Crippen molar-refractivity contribution in [1.29, 1.82) is 0 Å². The van der Waals surface area contributed by atoms with Crippen molar-refractivity contribution < 1.29 is 9.18 Å². The Kier molecular flexibility index (Phi) is 4.86. The molecule has 16 heavy (non-hydrogen) atoms. The van der Waals surface area contributed by atoms with Gasteiger partial charge in [0.1, 0.15) is 5.82 Å². The molecule has 1 heterocycles. The van der Waals surface area contributed by atoms with E-state index in [1.54, 1.807) is 0 Å². The number of alkyl halides is 1. The summed E-state index contributed by atoms with van der Waals surface area (Å²) in [5, 5.41) is 2.71. The number of nitrogens with one attached hydrogen (secondary N) is 1. The summed E-state index contributed by atoms with van der Waals surface area (Å²) in [7, 11) is 0. The van der Waals surface area contributed by atoms with Crippen LogP contribution in [0.5, 0.6) is 0 Å². The van der Waals surface area contributed by atoms with Gasteiger partial charge in [-0.2, -0.15) is 0 Å². The lowest BCUT2D eigenvalue weighted by Crippen LogP contribution is -2.31. The first-order valence-corrected chi connectivity index (χ1v) is 5.95. The van der Waals surface area contributed by atoms with Crippen LogP contribution in [0, 0.1) is 11.7 Å². The molecule has 1 rings (SSSR count). The topological polar surface area (TPSA) is 42.0 Å². The highest BCUT2D eigenvalue weighted by Crippen LogP contribution is 2.10. The number of hydrogen-bond acceptors (Lipinski definition) is 2. The van der Waals surface area contributed by atoms with E-state index in [0.717, 1.165) is 6.20 Å². The molecule has 0 fully saturated rings. The van der Waals surface area contributed by atoms with Crippen molar-refractivity contribution in [1.82, 2.24) is 10.3 Å². The minimum atomic E-state index is -0.507. The van der Waals surface area contributed by atoms with Gasteiger partial charge in [-0.3, -0.25) is 9.78 Å². The first kappa shape index (κ1) is 13.1. The summed E-state index contributed by atoms with van der Waals surface area (Å²) in [4.78, 5) is 15.4. The van der Waals surface area contributed by atoms with E-state index in [1.807, 2.05) is 0 Å². The van der Waals surface area contributed by atoms with E-state index in [9.17, 15) is 9.18 Å². The Morgan fingerprint density at radius 2 is 2.25 bits per heavy atom. The molecule has 1 unspecified atom stereocenters. The van der Waals surface area contributed by atoms with Gasteiger partial charge < -0.3 is 5.32 Å². The van der Waals surface area contributed by atoms with Crippen molar-refractivity contribution in [3.8, 4) is 0 Å². The first-order valence-electron chi connectivity index (χ1n) is 5.03. The van der Waals surface area contributed by atoms with E-state index in [0.29, 0.717) is 12.5 Å². The van der Waals surface area contributed by atoms with Crippen molar-refractivity contribution in [2.24, 2.45) is 5.92 Å². The molecule has 1 aromatic rings. The Morgan fingerprint density at radius 1 is 1.56 bits per heavy atom. The third-order valence-corrected chi connectivity index (χ3v) is 3.53. The SMILES string of the molecule is CC(C)C(Br)CNC(=O)c1cncc(F)c1. The average molecular weight is 289 g/mol. The normalized spacial score (nSPS) is 12.6. The molecule has 0 aliphatic heterocycles. The summed E-state index contributed by atoms with van der Waals surface area (Å²) in [5.41, 5.74) is 0.239. The smallest absolute Gasteiger partial charge is 0.252 e. The maximum Gasteiger partial charge on any atom is 0.252 e. The van der Waals surface area contributed by atoms with Crippen LogP contribution in [-0.2, 0) is 0 Å². The molecule has 1 atom stereocenters. The summed E-state index contributed by atoms with van der Waals surface area (Å²) in [6, 6.07) is 1.17. The molecule has 0 aliphatic carbocycles. The summed E-state index contributed by atoms with van der Waals surface area (Å²) in [6.45, 7) is 4.61. The molecule has 0 spiro atoms. The van der Waals surface area contributed by atoms with Gasteiger partial charge in [0, 0.05) is 17.6 Å². The van der Waals surface area contributed by atoms with Gasteiger partial charge in [0.2, 0.25) is 0 Å². The van der Waals surface area contributed by atoms with E-state index >= 15 is 0 Å². The molecule has 0 bridgehead atoms. The van der Waals surface area contributed by atoms with Crippen LogP contribution >= 0.6 is 15.9 Å². The Balaban J connectivity index is 2.53. The lowest BCUT2D eigenvalue weighted by Gasteiger charge is -2.14. The van der Waals surface area contributed by atoms with Crippen molar-refractivity contribution in [2.75, 3.05) is 6.54 Å². The minimum absolute atomic E-state index is 0.206. The van der Waals surface area contributed by atoms with Crippen LogP contribution in [0.15, 0.2) is 18.5 Å². The lowest BCUT2D eigenvalue weighted by molar-refractivity contribution is 0.0952. The average Bonchev–Trinajstić information content (AvgIpc) is 2.25. The van der Waals surface area contributed by atoms with E-state index in [2.05, 4.69) is 40.1 Å². The highest BCUT2D eigenvalue weighted by Gasteiger charge is 2.12.